The van der Waals surface area contributed by atoms with Crippen molar-refractivity contribution in [3.05, 3.63) is 43.2 Å². The Morgan fingerprint density at radius 2 is 2.08 bits per heavy atom. The highest BCUT2D eigenvalue weighted by atomic mass is 32.2. The summed E-state index contributed by atoms with van der Waals surface area (Å²) in [6.07, 6.45) is 5.90. The predicted octanol–water partition coefficient (Wildman–Crippen LogP) is 3.43. The van der Waals surface area contributed by atoms with Crippen LogP contribution in [0, 0.1) is 5.92 Å². The molecule has 1 N–H and O–H groups in total. The molecular weight excluding hydrogens is 346 g/mol. The Balaban J connectivity index is 1.49. The highest BCUT2D eigenvalue weighted by Gasteiger charge is 2.16. The minimum Gasteiger partial charge on any atom is -0.372 e. The molecule has 1 aliphatic rings. The first-order chi connectivity index (χ1) is 12.7. The van der Waals surface area contributed by atoms with E-state index in [1.807, 2.05) is 16.7 Å². The zero-order valence-electron chi connectivity index (χ0n) is 15.1. The van der Waals surface area contributed by atoms with Crippen LogP contribution in [0.15, 0.2) is 48.4 Å². The molecule has 0 bridgehead atoms. The lowest BCUT2D eigenvalue weighted by atomic mass is 9.99. The van der Waals surface area contributed by atoms with Crippen LogP contribution >= 0.6 is 11.8 Å². The summed E-state index contributed by atoms with van der Waals surface area (Å²) >= 11 is 1.37. The fourth-order valence-electron chi connectivity index (χ4n) is 2.97. The number of rotatable bonds is 7. The minimum atomic E-state index is -0.0531. The van der Waals surface area contributed by atoms with Crippen LogP contribution in [-0.2, 0) is 11.3 Å². The number of hydrogen-bond donors (Lipinski definition) is 1. The number of allylic oxidation sites excluding steroid dienone is 1. The molecule has 1 aromatic carbocycles. The first-order valence-corrected chi connectivity index (χ1v) is 9.90. The van der Waals surface area contributed by atoms with E-state index in [0.717, 1.165) is 29.9 Å². The van der Waals surface area contributed by atoms with Crippen molar-refractivity contribution in [3.63, 3.8) is 0 Å². The molecule has 1 aliphatic heterocycles. The topological polar surface area (TPSA) is 63.1 Å². The minimum absolute atomic E-state index is 0.0531. The van der Waals surface area contributed by atoms with Crippen LogP contribution in [0.4, 0.5) is 11.4 Å². The fourth-order valence-corrected chi connectivity index (χ4v) is 3.69. The van der Waals surface area contributed by atoms with Crippen molar-refractivity contribution in [2.75, 3.05) is 29.1 Å². The van der Waals surface area contributed by atoms with Gasteiger partial charge in [0.2, 0.25) is 5.91 Å². The monoisotopic (exact) mass is 371 g/mol. The van der Waals surface area contributed by atoms with E-state index in [1.54, 1.807) is 12.4 Å². The summed E-state index contributed by atoms with van der Waals surface area (Å²) in [5, 5.41) is 11.5. The Morgan fingerprint density at radius 1 is 1.35 bits per heavy atom. The second kappa shape index (κ2) is 8.89. The SMILES string of the molecule is C=CCn1cnnc1SCC(=O)Nc1ccc(N2CCC(C)CC2)cc1. The molecule has 138 valence electrons. The van der Waals surface area contributed by atoms with Gasteiger partial charge in [0.1, 0.15) is 6.33 Å². The second-order valence-corrected chi connectivity index (χ2v) is 7.55. The third kappa shape index (κ3) is 4.88. The van der Waals surface area contributed by atoms with E-state index >= 15 is 0 Å². The molecule has 2 aromatic rings. The van der Waals surface area contributed by atoms with Gasteiger partial charge >= 0.3 is 0 Å². The zero-order valence-corrected chi connectivity index (χ0v) is 15.9. The van der Waals surface area contributed by atoms with Crippen molar-refractivity contribution in [2.24, 2.45) is 5.92 Å². The molecule has 1 aromatic heterocycles. The van der Waals surface area contributed by atoms with E-state index in [9.17, 15) is 4.79 Å². The van der Waals surface area contributed by atoms with Crippen molar-refractivity contribution in [1.29, 1.82) is 0 Å². The molecule has 0 radical (unpaired) electrons. The van der Waals surface area contributed by atoms with Crippen LogP contribution in [0.2, 0.25) is 0 Å². The third-order valence-electron chi connectivity index (χ3n) is 4.54. The van der Waals surface area contributed by atoms with Gasteiger partial charge in [-0.05, 0) is 43.0 Å². The number of thioether (sulfide) groups is 1. The molecule has 2 heterocycles. The lowest BCUT2D eigenvalue weighted by molar-refractivity contribution is -0.113. The van der Waals surface area contributed by atoms with E-state index in [-0.39, 0.29) is 5.91 Å². The van der Waals surface area contributed by atoms with E-state index in [2.05, 4.69) is 46.0 Å². The van der Waals surface area contributed by atoms with E-state index in [4.69, 9.17) is 0 Å². The van der Waals surface area contributed by atoms with Gasteiger partial charge in [0.15, 0.2) is 5.16 Å². The standard InChI is InChI=1S/C19H25N5OS/c1-3-10-24-14-20-22-19(24)26-13-18(25)21-16-4-6-17(7-5-16)23-11-8-15(2)9-12-23/h3-7,14-15H,1,8-13H2,2H3,(H,21,25). The molecule has 0 unspecified atom stereocenters. The van der Waals surface area contributed by atoms with E-state index in [1.165, 1.54) is 30.3 Å². The quantitative estimate of drug-likeness (QED) is 0.597. The van der Waals surface area contributed by atoms with Crippen LogP contribution in [0.5, 0.6) is 0 Å². The zero-order chi connectivity index (χ0) is 18.4. The van der Waals surface area contributed by atoms with Crippen molar-refractivity contribution in [3.8, 4) is 0 Å². The summed E-state index contributed by atoms with van der Waals surface area (Å²) in [6, 6.07) is 8.10. The Kier molecular flexibility index (Phi) is 6.33. The number of amides is 1. The number of benzene rings is 1. The van der Waals surface area contributed by atoms with Gasteiger partial charge in [-0.2, -0.15) is 0 Å². The maximum atomic E-state index is 12.2. The summed E-state index contributed by atoms with van der Waals surface area (Å²) in [5.74, 6) is 1.06. The number of hydrogen-bond acceptors (Lipinski definition) is 5. The first-order valence-electron chi connectivity index (χ1n) is 8.92. The van der Waals surface area contributed by atoms with Crippen LogP contribution in [0.1, 0.15) is 19.8 Å². The number of aromatic nitrogens is 3. The third-order valence-corrected chi connectivity index (χ3v) is 5.52. The normalized spacial score (nSPS) is 15.0. The average Bonchev–Trinajstić information content (AvgIpc) is 3.09. The lowest BCUT2D eigenvalue weighted by Crippen LogP contribution is -2.32. The molecule has 0 aliphatic carbocycles. The maximum absolute atomic E-state index is 12.2. The highest BCUT2D eigenvalue weighted by Crippen LogP contribution is 2.24. The number of carbonyl (C=O) groups excluding carboxylic acids is 1. The van der Waals surface area contributed by atoms with Crippen molar-refractivity contribution < 1.29 is 4.79 Å². The van der Waals surface area contributed by atoms with Gasteiger partial charge in [0, 0.05) is 31.0 Å². The van der Waals surface area contributed by atoms with Crippen molar-refractivity contribution in [2.45, 2.75) is 31.5 Å². The Morgan fingerprint density at radius 3 is 2.77 bits per heavy atom. The van der Waals surface area contributed by atoms with Gasteiger partial charge in [0.05, 0.1) is 5.75 Å². The van der Waals surface area contributed by atoms with Crippen LogP contribution < -0.4 is 10.2 Å². The molecule has 0 atom stereocenters. The molecule has 3 rings (SSSR count). The molecule has 1 fully saturated rings. The first kappa shape index (κ1) is 18.5. The number of anilines is 2. The summed E-state index contributed by atoms with van der Waals surface area (Å²) in [4.78, 5) is 14.6. The van der Waals surface area contributed by atoms with Crippen LogP contribution in [0.3, 0.4) is 0 Å². The van der Waals surface area contributed by atoms with Gasteiger partial charge in [-0.3, -0.25) is 4.79 Å². The molecule has 1 saturated heterocycles. The van der Waals surface area contributed by atoms with Gasteiger partial charge in [-0.25, -0.2) is 0 Å². The Hall–Kier alpha value is -2.28. The second-order valence-electron chi connectivity index (χ2n) is 6.61. The molecular formula is C19H25N5OS. The molecule has 26 heavy (non-hydrogen) atoms. The van der Waals surface area contributed by atoms with Gasteiger partial charge < -0.3 is 14.8 Å². The maximum Gasteiger partial charge on any atom is 0.234 e. The van der Waals surface area contributed by atoms with Crippen molar-refractivity contribution >= 4 is 29.0 Å². The van der Waals surface area contributed by atoms with E-state index in [0.29, 0.717) is 12.3 Å². The summed E-state index contributed by atoms with van der Waals surface area (Å²) in [5.41, 5.74) is 2.04. The Bertz CT molecular complexity index is 735. The van der Waals surface area contributed by atoms with Gasteiger partial charge in [-0.15, -0.1) is 16.8 Å². The molecule has 0 spiro atoms. The molecule has 1 amide bonds. The number of nitrogens with zero attached hydrogens (tertiary/aromatic N) is 4. The molecule has 7 heteroatoms. The van der Waals surface area contributed by atoms with E-state index < -0.39 is 0 Å². The summed E-state index contributed by atoms with van der Waals surface area (Å²) < 4.78 is 1.86. The predicted molar refractivity (Wildman–Crippen MR) is 107 cm³/mol. The summed E-state index contributed by atoms with van der Waals surface area (Å²) in [7, 11) is 0. The largest absolute Gasteiger partial charge is 0.372 e. The average molecular weight is 372 g/mol. The van der Waals surface area contributed by atoms with Crippen molar-refractivity contribution in [1.82, 2.24) is 14.8 Å². The number of piperidine rings is 1. The lowest BCUT2D eigenvalue weighted by Gasteiger charge is -2.32. The Labute approximate surface area is 158 Å². The smallest absolute Gasteiger partial charge is 0.234 e. The van der Waals surface area contributed by atoms with Gasteiger partial charge in [0.25, 0.3) is 0 Å². The number of nitrogens with one attached hydrogen (secondary N) is 1. The highest BCUT2D eigenvalue weighted by molar-refractivity contribution is 7.99. The van der Waals surface area contributed by atoms with Crippen LogP contribution in [0.25, 0.3) is 0 Å². The number of carbonyl (C=O) groups is 1. The summed E-state index contributed by atoms with van der Waals surface area (Å²) in [6.45, 7) is 8.86. The molecule has 0 saturated carbocycles. The fraction of sp³-hybridized carbons (Fsp3) is 0.421. The van der Waals surface area contributed by atoms with Crippen LogP contribution in [-0.4, -0.2) is 39.5 Å². The molecule has 6 nitrogen and oxygen atoms in total. The van der Waals surface area contributed by atoms with Gasteiger partial charge in [-0.1, -0.05) is 24.8 Å².